The molecule has 2 rings (SSSR count). The highest BCUT2D eigenvalue weighted by Crippen LogP contribution is 2.43. The third-order valence-electron chi connectivity index (χ3n) is 3.91. The number of likely N-dealkylation sites (N-methyl/N-ethyl adjacent to an activating group) is 1. The van der Waals surface area contributed by atoms with Crippen molar-refractivity contribution >= 4 is 15.9 Å². The van der Waals surface area contributed by atoms with E-state index in [0.717, 1.165) is 12.8 Å². The number of amides is 1. The van der Waals surface area contributed by atoms with Crippen LogP contribution in [0, 0.1) is 0 Å². The van der Waals surface area contributed by atoms with Gasteiger partial charge in [-0.3, -0.25) is 4.79 Å². The van der Waals surface area contributed by atoms with Gasteiger partial charge in [-0.05, 0) is 37.1 Å². The maximum Gasteiger partial charge on any atom is 0.251 e. The third-order valence-corrected chi connectivity index (χ3v) is 5.89. The van der Waals surface area contributed by atoms with E-state index in [1.807, 2.05) is 0 Å². The summed E-state index contributed by atoms with van der Waals surface area (Å²) in [6.07, 6.45) is 1.60. The monoisotopic (exact) mass is 312 g/mol. The summed E-state index contributed by atoms with van der Waals surface area (Å²) >= 11 is 0. The Balaban J connectivity index is 2.26. The van der Waals surface area contributed by atoms with E-state index in [9.17, 15) is 13.2 Å². The van der Waals surface area contributed by atoms with E-state index >= 15 is 0 Å². The van der Waals surface area contributed by atoms with Gasteiger partial charge in [-0.15, -0.1) is 0 Å². The van der Waals surface area contributed by atoms with Gasteiger partial charge < -0.3 is 10.1 Å². The molecule has 1 aromatic carbocycles. The number of hydrogen-bond acceptors (Lipinski definition) is 4. The van der Waals surface area contributed by atoms with Crippen molar-refractivity contribution < 1.29 is 17.9 Å². The Kier molecular flexibility index (Phi) is 4.36. The molecule has 0 aliphatic heterocycles. The molecule has 0 aromatic heterocycles. The average Bonchev–Trinajstić information content (AvgIpc) is 3.27. The maximum absolute atomic E-state index is 12.6. The van der Waals surface area contributed by atoms with Gasteiger partial charge in [-0.2, -0.15) is 4.31 Å². The van der Waals surface area contributed by atoms with Gasteiger partial charge in [0, 0.05) is 26.8 Å². The molecule has 1 aliphatic carbocycles. The number of benzene rings is 1. The summed E-state index contributed by atoms with van der Waals surface area (Å²) in [5.41, 5.74) is 0.00433. The van der Waals surface area contributed by atoms with Crippen molar-refractivity contribution in [1.29, 1.82) is 0 Å². The van der Waals surface area contributed by atoms with E-state index in [-0.39, 0.29) is 10.8 Å². The fraction of sp³-hybridized carbons (Fsp3) is 0.500. The summed E-state index contributed by atoms with van der Waals surface area (Å²) in [7, 11) is 1.09. The van der Waals surface area contributed by atoms with Crippen LogP contribution in [0.4, 0.5) is 0 Å². The summed E-state index contributed by atoms with van der Waals surface area (Å²) in [6, 6.07) is 5.93. The molecule has 0 radical (unpaired) electrons. The van der Waals surface area contributed by atoms with Gasteiger partial charge in [-0.25, -0.2) is 8.42 Å². The molecule has 6 nitrogen and oxygen atoms in total. The normalized spacial score (nSPS) is 16.8. The number of nitrogens with zero attached hydrogens (tertiary/aromatic N) is 1. The van der Waals surface area contributed by atoms with Crippen molar-refractivity contribution in [2.75, 3.05) is 27.8 Å². The number of rotatable bonds is 6. The number of hydrogen-bond donors (Lipinski definition) is 1. The van der Waals surface area contributed by atoms with Crippen LogP contribution >= 0.6 is 0 Å². The Labute approximate surface area is 125 Å². The van der Waals surface area contributed by atoms with E-state index in [4.69, 9.17) is 4.74 Å². The van der Waals surface area contributed by atoms with Crippen LogP contribution in [0.1, 0.15) is 23.2 Å². The first-order chi connectivity index (χ1) is 9.87. The molecule has 1 saturated carbocycles. The SMILES string of the molecule is CNC(=O)c1ccc(S(=O)(=O)N(C)C2(COC)CC2)cc1. The summed E-state index contributed by atoms with van der Waals surface area (Å²) < 4.78 is 31.7. The van der Waals surface area contributed by atoms with Gasteiger partial charge in [0.2, 0.25) is 10.0 Å². The van der Waals surface area contributed by atoms with Crippen molar-refractivity contribution in [3.63, 3.8) is 0 Å². The highest BCUT2D eigenvalue weighted by molar-refractivity contribution is 7.89. The van der Waals surface area contributed by atoms with Crippen LogP contribution in [0.2, 0.25) is 0 Å². The van der Waals surface area contributed by atoms with Gasteiger partial charge in [-0.1, -0.05) is 0 Å². The second-order valence-corrected chi connectivity index (χ2v) is 7.20. The zero-order chi connectivity index (χ0) is 15.7. The van der Waals surface area contributed by atoms with E-state index in [1.165, 1.54) is 35.6 Å². The summed E-state index contributed by atoms with van der Waals surface area (Å²) in [6.45, 7) is 0.388. The molecule has 0 heterocycles. The van der Waals surface area contributed by atoms with Crippen LogP contribution in [-0.4, -0.2) is 52.0 Å². The molecule has 7 heteroatoms. The topological polar surface area (TPSA) is 75.7 Å². The summed E-state index contributed by atoms with van der Waals surface area (Å²) in [4.78, 5) is 11.7. The fourth-order valence-corrected chi connectivity index (χ4v) is 3.84. The van der Waals surface area contributed by atoms with Crippen LogP contribution in [0.5, 0.6) is 0 Å². The zero-order valence-corrected chi connectivity index (χ0v) is 13.2. The van der Waals surface area contributed by atoms with Gasteiger partial charge in [0.1, 0.15) is 0 Å². The second kappa shape index (κ2) is 5.75. The lowest BCUT2D eigenvalue weighted by atomic mass is 10.2. The Bertz CT molecular complexity index is 621. The summed E-state index contributed by atoms with van der Waals surface area (Å²) in [5.74, 6) is -0.245. The lowest BCUT2D eigenvalue weighted by Gasteiger charge is -2.26. The molecule has 1 N–H and O–H groups in total. The third kappa shape index (κ3) is 2.95. The Morgan fingerprint density at radius 2 is 1.90 bits per heavy atom. The minimum Gasteiger partial charge on any atom is -0.383 e. The molecule has 1 amide bonds. The fourth-order valence-electron chi connectivity index (χ4n) is 2.30. The highest BCUT2D eigenvalue weighted by Gasteiger charge is 2.51. The lowest BCUT2D eigenvalue weighted by Crippen LogP contribution is -2.41. The number of carbonyl (C=O) groups is 1. The largest absolute Gasteiger partial charge is 0.383 e. The van der Waals surface area contributed by atoms with Crippen LogP contribution in [0.25, 0.3) is 0 Å². The number of nitrogens with one attached hydrogen (secondary N) is 1. The van der Waals surface area contributed by atoms with Gasteiger partial charge in [0.25, 0.3) is 5.91 Å². The number of carbonyl (C=O) groups excluding carboxylic acids is 1. The molecule has 1 aromatic rings. The molecule has 1 fully saturated rings. The van der Waals surface area contributed by atoms with E-state index in [1.54, 1.807) is 14.2 Å². The molecule has 0 unspecified atom stereocenters. The maximum atomic E-state index is 12.6. The molecular formula is C14H20N2O4S. The van der Waals surface area contributed by atoms with Crippen molar-refractivity contribution in [3.8, 4) is 0 Å². The van der Waals surface area contributed by atoms with Gasteiger partial charge >= 0.3 is 0 Å². The molecule has 0 saturated heterocycles. The Morgan fingerprint density at radius 1 is 1.33 bits per heavy atom. The summed E-state index contributed by atoms with van der Waals surface area (Å²) in [5, 5.41) is 2.50. The van der Waals surface area contributed by atoms with Crippen LogP contribution in [0.3, 0.4) is 0 Å². The molecule has 116 valence electrons. The van der Waals surface area contributed by atoms with Crippen molar-refractivity contribution in [2.24, 2.45) is 0 Å². The van der Waals surface area contributed by atoms with Gasteiger partial charge in [0.15, 0.2) is 0 Å². The van der Waals surface area contributed by atoms with Crippen LogP contribution in [-0.2, 0) is 14.8 Å². The predicted molar refractivity (Wildman–Crippen MR) is 78.6 cm³/mol. The average molecular weight is 312 g/mol. The minimum atomic E-state index is -3.58. The van der Waals surface area contributed by atoms with E-state index in [0.29, 0.717) is 12.2 Å². The van der Waals surface area contributed by atoms with Crippen LogP contribution < -0.4 is 5.32 Å². The molecule has 1 aliphatic rings. The first-order valence-electron chi connectivity index (χ1n) is 6.67. The van der Waals surface area contributed by atoms with Crippen LogP contribution in [0.15, 0.2) is 29.2 Å². The smallest absolute Gasteiger partial charge is 0.251 e. The zero-order valence-electron chi connectivity index (χ0n) is 12.4. The molecule has 21 heavy (non-hydrogen) atoms. The number of ether oxygens (including phenoxy) is 1. The molecule has 0 atom stereocenters. The number of methoxy groups -OCH3 is 1. The quantitative estimate of drug-likeness (QED) is 0.845. The van der Waals surface area contributed by atoms with Gasteiger partial charge in [0.05, 0.1) is 17.0 Å². The van der Waals surface area contributed by atoms with E-state index in [2.05, 4.69) is 5.32 Å². The lowest BCUT2D eigenvalue weighted by molar-refractivity contribution is 0.0963. The standard InChI is InChI=1S/C14H20N2O4S/c1-15-13(17)11-4-6-12(7-5-11)21(18,19)16(2)14(8-9-14)10-20-3/h4-7H,8-10H2,1-3H3,(H,15,17). The Hall–Kier alpha value is -1.44. The minimum absolute atomic E-state index is 0.181. The number of sulfonamides is 1. The first kappa shape index (κ1) is 15.9. The Morgan fingerprint density at radius 3 is 2.33 bits per heavy atom. The molecule has 0 spiro atoms. The molecule has 0 bridgehead atoms. The van der Waals surface area contributed by atoms with Crippen molar-refractivity contribution in [2.45, 2.75) is 23.3 Å². The molecular weight excluding hydrogens is 292 g/mol. The van der Waals surface area contributed by atoms with Crippen molar-refractivity contribution in [1.82, 2.24) is 9.62 Å². The second-order valence-electron chi connectivity index (χ2n) is 5.23. The highest BCUT2D eigenvalue weighted by atomic mass is 32.2. The van der Waals surface area contributed by atoms with Crippen molar-refractivity contribution in [3.05, 3.63) is 29.8 Å². The van der Waals surface area contributed by atoms with E-state index < -0.39 is 15.6 Å². The predicted octanol–water partition coefficient (Wildman–Crippen LogP) is 0.846. The first-order valence-corrected chi connectivity index (χ1v) is 8.11.